The number of fused-ring (bicyclic) bond motifs is 1. The molecule has 1 unspecified atom stereocenters. The van der Waals surface area contributed by atoms with Crippen molar-refractivity contribution in [2.75, 3.05) is 6.54 Å². The molecule has 0 radical (unpaired) electrons. The van der Waals surface area contributed by atoms with Crippen LogP contribution in [-0.2, 0) is 9.53 Å². The van der Waals surface area contributed by atoms with Crippen LogP contribution in [0.4, 0.5) is 0 Å². The fraction of sp³-hybridized carbons (Fsp3) is 0.400. The van der Waals surface area contributed by atoms with Crippen molar-refractivity contribution in [3.63, 3.8) is 0 Å². The molecule has 2 heterocycles. The molecule has 106 valence electrons. The van der Waals surface area contributed by atoms with Gasteiger partial charge in [-0.05, 0) is 18.6 Å². The summed E-state index contributed by atoms with van der Waals surface area (Å²) in [5.74, 6) is 0.515. The lowest BCUT2D eigenvalue weighted by Crippen LogP contribution is -2.75. The molecular weight excluding hydrogens is 258 g/mol. The van der Waals surface area contributed by atoms with E-state index in [1.165, 1.54) is 0 Å². The predicted octanol–water partition coefficient (Wildman–Crippen LogP) is 0.938. The number of nitrogens with zero attached hydrogens (tertiary/aromatic N) is 1. The Morgan fingerprint density at radius 1 is 1.45 bits per heavy atom. The summed E-state index contributed by atoms with van der Waals surface area (Å²) in [5, 5.41) is 10.0. The third kappa shape index (κ3) is 2.19. The van der Waals surface area contributed by atoms with Gasteiger partial charge in [-0.15, -0.1) is 6.58 Å². The first-order valence-electron chi connectivity index (χ1n) is 6.67. The third-order valence-electron chi connectivity index (χ3n) is 3.66. The van der Waals surface area contributed by atoms with Gasteiger partial charge in [0.2, 0.25) is 6.10 Å². The fourth-order valence-electron chi connectivity index (χ4n) is 2.67. The molecule has 0 spiro atoms. The lowest BCUT2D eigenvalue weighted by Gasteiger charge is -2.52. The molecule has 2 aliphatic rings. The predicted molar refractivity (Wildman–Crippen MR) is 72.1 cm³/mol. The van der Waals surface area contributed by atoms with E-state index in [9.17, 15) is 9.90 Å². The first-order valence-corrected chi connectivity index (χ1v) is 6.67. The van der Waals surface area contributed by atoms with E-state index < -0.39 is 18.4 Å². The first kappa shape index (κ1) is 13.1. The Labute approximate surface area is 117 Å². The van der Waals surface area contributed by atoms with Crippen molar-refractivity contribution in [2.45, 2.75) is 31.0 Å². The van der Waals surface area contributed by atoms with Crippen molar-refractivity contribution in [1.82, 2.24) is 4.90 Å². The smallest absolute Gasteiger partial charge is 0.266 e. The van der Waals surface area contributed by atoms with Gasteiger partial charge in [-0.3, -0.25) is 4.79 Å². The highest BCUT2D eigenvalue weighted by atomic mass is 16.6. The van der Waals surface area contributed by atoms with Crippen LogP contribution in [0, 0.1) is 0 Å². The molecule has 1 amide bonds. The maximum atomic E-state index is 12.1. The summed E-state index contributed by atoms with van der Waals surface area (Å²) in [4.78, 5) is 13.7. The zero-order valence-corrected chi connectivity index (χ0v) is 11.0. The minimum atomic E-state index is -1.01. The maximum Gasteiger partial charge on any atom is 0.266 e. The number of hydrogen-bond donors (Lipinski definition) is 1. The van der Waals surface area contributed by atoms with Crippen molar-refractivity contribution >= 4 is 5.91 Å². The molecule has 2 fully saturated rings. The second-order valence-electron chi connectivity index (χ2n) is 5.01. The summed E-state index contributed by atoms with van der Waals surface area (Å²) in [6.07, 6.45) is 0.454. The van der Waals surface area contributed by atoms with E-state index in [1.54, 1.807) is 23.1 Å². The summed E-state index contributed by atoms with van der Waals surface area (Å²) in [6, 6.07) is 8.69. The number of amides is 1. The van der Waals surface area contributed by atoms with Crippen molar-refractivity contribution in [3.8, 4) is 5.75 Å². The monoisotopic (exact) mass is 275 g/mol. The molecule has 1 aromatic rings. The fourth-order valence-corrected chi connectivity index (χ4v) is 2.67. The number of β-lactam (4-membered cyclic amide) rings is 1. The summed E-state index contributed by atoms with van der Waals surface area (Å²) < 4.78 is 11.1. The number of hydrogen-bond acceptors (Lipinski definition) is 4. The summed E-state index contributed by atoms with van der Waals surface area (Å²) >= 11 is 0. The Kier molecular flexibility index (Phi) is 3.46. The maximum absolute atomic E-state index is 12.1. The molecule has 0 aromatic heterocycles. The molecule has 5 heteroatoms. The van der Waals surface area contributed by atoms with Crippen LogP contribution in [0.5, 0.6) is 5.75 Å². The Morgan fingerprint density at radius 3 is 2.90 bits per heavy atom. The van der Waals surface area contributed by atoms with Crippen LogP contribution in [0.1, 0.15) is 6.42 Å². The molecule has 0 saturated carbocycles. The summed E-state index contributed by atoms with van der Waals surface area (Å²) in [7, 11) is 0. The SMILES string of the molecule is C=CC[C@H]1CN2C(=O)[C@H](Oc3ccccc3)[C@@H]2C(O)O1. The Hall–Kier alpha value is -1.85. The summed E-state index contributed by atoms with van der Waals surface area (Å²) in [5.41, 5.74) is 0. The van der Waals surface area contributed by atoms with E-state index in [1.807, 2.05) is 18.2 Å². The molecule has 4 atom stereocenters. The Balaban J connectivity index is 1.69. The van der Waals surface area contributed by atoms with Crippen LogP contribution in [0.3, 0.4) is 0 Å². The van der Waals surface area contributed by atoms with Gasteiger partial charge in [0, 0.05) is 6.54 Å². The second kappa shape index (κ2) is 5.26. The number of morpholine rings is 1. The van der Waals surface area contributed by atoms with E-state index in [4.69, 9.17) is 9.47 Å². The van der Waals surface area contributed by atoms with E-state index >= 15 is 0 Å². The van der Waals surface area contributed by atoms with Crippen molar-refractivity contribution in [1.29, 1.82) is 0 Å². The topological polar surface area (TPSA) is 59.0 Å². The van der Waals surface area contributed by atoms with Crippen LogP contribution in [0.25, 0.3) is 0 Å². The number of carbonyl (C=O) groups is 1. The molecule has 0 aliphatic carbocycles. The zero-order chi connectivity index (χ0) is 14.1. The molecule has 2 saturated heterocycles. The number of para-hydroxylation sites is 1. The normalized spacial score (nSPS) is 32.2. The average molecular weight is 275 g/mol. The van der Waals surface area contributed by atoms with Crippen molar-refractivity contribution < 1.29 is 19.4 Å². The highest BCUT2D eigenvalue weighted by Gasteiger charge is 2.56. The van der Waals surface area contributed by atoms with Gasteiger partial charge in [-0.1, -0.05) is 24.3 Å². The molecule has 5 nitrogen and oxygen atoms in total. The van der Waals surface area contributed by atoms with Crippen LogP contribution < -0.4 is 4.74 Å². The van der Waals surface area contributed by atoms with Gasteiger partial charge < -0.3 is 19.5 Å². The largest absolute Gasteiger partial charge is 0.478 e. The van der Waals surface area contributed by atoms with Crippen LogP contribution in [-0.4, -0.2) is 47.0 Å². The van der Waals surface area contributed by atoms with Gasteiger partial charge in [0.1, 0.15) is 11.8 Å². The van der Waals surface area contributed by atoms with E-state index in [0.717, 1.165) is 0 Å². The van der Waals surface area contributed by atoms with E-state index in [-0.39, 0.29) is 12.0 Å². The van der Waals surface area contributed by atoms with E-state index in [2.05, 4.69) is 6.58 Å². The van der Waals surface area contributed by atoms with Gasteiger partial charge in [0.15, 0.2) is 6.29 Å². The number of rotatable bonds is 4. The standard InChI is InChI=1S/C15H17NO4/c1-2-6-11-9-16-12(15(18)20-11)13(14(16)17)19-10-7-4-3-5-8-10/h2-5,7-8,11-13,15,18H,1,6,9H2/t11-,12+,13+,15?/m0/s1. The number of ether oxygens (including phenoxy) is 2. The van der Waals surface area contributed by atoms with Crippen molar-refractivity contribution in [3.05, 3.63) is 43.0 Å². The lowest BCUT2D eigenvalue weighted by molar-refractivity contribution is -0.254. The van der Waals surface area contributed by atoms with Gasteiger partial charge in [0.25, 0.3) is 5.91 Å². The number of carbonyl (C=O) groups excluding carboxylic acids is 1. The molecule has 0 bridgehead atoms. The average Bonchev–Trinajstić information content (AvgIpc) is 2.46. The number of aliphatic hydroxyl groups is 1. The van der Waals surface area contributed by atoms with Gasteiger partial charge in [-0.2, -0.15) is 0 Å². The molecule has 3 rings (SSSR count). The van der Waals surface area contributed by atoms with Crippen LogP contribution in [0.15, 0.2) is 43.0 Å². The van der Waals surface area contributed by atoms with Crippen LogP contribution >= 0.6 is 0 Å². The highest BCUT2D eigenvalue weighted by molar-refractivity contribution is 5.89. The number of benzene rings is 1. The second-order valence-corrected chi connectivity index (χ2v) is 5.01. The minimum Gasteiger partial charge on any atom is -0.478 e. The van der Waals surface area contributed by atoms with Crippen molar-refractivity contribution in [2.24, 2.45) is 0 Å². The van der Waals surface area contributed by atoms with Crippen LogP contribution in [0.2, 0.25) is 0 Å². The molecule has 20 heavy (non-hydrogen) atoms. The van der Waals surface area contributed by atoms with E-state index in [0.29, 0.717) is 18.7 Å². The summed E-state index contributed by atoms with van der Waals surface area (Å²) in [6.45, 7) is 4.12. The Morgan fingerprint density at radius 2 is 2.20 bits per heavy atom. The minimum absolute atomic E-state index is 0.102. The molecule has 2 aliphatic heterocycles. The van der Waals surface area contributed by atoms with Gasteiger partial charge in [0.05, 0.1) is 6.10 Å². The molecule has 1 N–H and O–H groups in total. The lowest BCUT2D eigenvalue weighted by atomic mass is 9.93. The zero-order valence-electron chi connectivity index (χ0n) is 11.0. The Bertz CT molecular complexity index is 504. The quantitative estimate of drug-likeness (QED) is 0.656. The number of aliphatic hydroxyl groups excluding tert-OH is 1. The highest BCUT2D eigenvalue weighted by Crippen LogP contribution is 2.33. The molecular formula is C15H17NO4. The molecule has 1 aromatic carbocycles. The first-order chi connectivity index (χ1) is 9.70. The van der Waals surface area contributed by atoms with Gasteiger partial charge >= 0.3 is 0 Å². The van der Waals surface area contributed by atoms with Gasteiger partial charge in [-0.25, -0.2) is 0 Å². The third-order valence-corrected chi connectivity index (χ3v) is 3.66.